The Morgan fingerprint density at radius 1 is 0.886 bits per heavy atom. The third-order valence-electron chi connectivity index (χ3n) is 7.92. The van der Waals surface area contributed by atoms with Crippen molar-refractivity contribution in [1.29, 1.82) is 0 Å². The highest BCUT2D eigenvalue weighted by Crippen LogP contribution is 2.33. The van der Waals surface area contributed by atoms with Gasteiger partial charge in [0.05, 0.1) is 18.7 Å². The van der Waals surface area contributed by atoms with Gasteiger partial charge in [-0.1, -0.05) is 42.5 Å². The van der Waals surface area contributed by atoms with Gasteiger partial charge in [0.2, 0.25) is 5.95 Å². The van der Waals surface area contributed by atoms with Crippen molar-refractivity contribution in [3.63, 3.8) is 0 Å². The molecule has 2 N–H and O–H groups in total. The quantitative estimate of drug-likeness (QED) is 0.238. The lowest BCUT2D eigenvalue weighted by Gasteiger charge is -2.37. The molecule has 3 heterocycles. The lowest BCUT2D eigenvalue weighted by Crippen LogP contribution is -2.51. The number of nitrogens with zero attached hydrogens (tertiary/aromatic N) is 5. The summed E-state index contributed by atoms with van der Waals surface area (Å²) in [6, 6.07) is 13.9. The van der Waals surface area contributed by atoms with Crippen LogP contribution in [0.5, 0.6) is 0 Å². The number of nitrogens with two attached hydrogens (primary N) is 1. The molecule has 232 valence electrons. The monoisotopic (exact) mass is 614 g/mol. The van der Waals surface area contributed by atoms with Gasteiger partial charge < -0.3 is 10.6 Å². The number of pyridine rings is 1. The first-order valence-corrected chi connectivity index (χ1v) is 14.0. The van der Waals surface area contributed by atoms with Crippen LogP contribution in [0.1, 0.15) is 34.0 Å². The van der Waals surface area contributed by atoms with E-state index in [0.29, 0.717) is 43.9 Å². The summed E-state index contributed by atoms with van der Waals surface area (Å²) >= 11 is 0. The van der Waals surface area contributed by atoms with Crippen LogP contribution in [0.2, 0.25) is 0 Å². The molecule has 1 aliphatic rings. The van der Waals surface area contributed by atoms with Crippen molar-refractivity contribution in [2.24, 2.45) is 5.73 Å². The van der Waals surface area contributed by atoms with Gasteiger partial charge in [-0.3, -0.25) is 18.8 Å². The second kappa shape index (κ2) is 12.7. The highest BCUT2D eigenvalue weighted by atomic mass is 19.4. The summed E-state index contributed by atoms with van der Waals surface area (Å²) in [5, 5.41) is 0. The minimum atomic E-state index is -4.87. The molecule has 0 amide bonds. The molecule has 2 aromatic heterocycles. The van der Waals surface area contributed by atoms with Gasteiger partial charge in [-0.25, -0.2) is 14.2 Å². The van der Waals surface area contributed by atoms with E-state index < -0.39 is 52.9 Å². The maximum Gasteiger partial charge on any atom is 0.416 e. The predicted octanol–water partition coefficient (Wildman–Crippen LogP) is 4.08. The Kier molecular flexibility index (Phi) is 8.97. The molecule has 1 fully saturated rings. The lowest BCUT2D eigenvalue weighted by atomic mass is 10.1. The minimum Gasteiger partial charge on any atom is -0.363 e. The van der Waals surface area contributed by atoms with E-state index in [0.717, 1.165) is 27.3 Å². The third kappa shape index (κ3) is 6.43. The minimum absolute atomic E-state index is 0.104. The van der Waals surface area contributed by atoms with Crippen LogP contribution in [-0.2, 0) is 25.8 Å². The summed E-state index contributed by atoms with van der Waals surface area (Å²) in [6.45, 7) is 2.26. The number of anilines is 1. The van der Waals surface area contributed by atoms with Crippen molar-refractivity contribution in [3.05, 3.63) is 127 Å². The molecule has 2 aromatic carbocycles. The molecular formula is C31H31F5N6O2. The first kappa shape index (κ1) is 31.1. The lowest BCUT2D eigenvalue weighted by molar-refractivity contribution is -0.138. The summed E-state index contributed by atoms with van der Waals surface area (Å²) in [6.07, 6.45) is -3.51. The van der Waals surface area contributed by atoms with Gasteiger partial charge in [0.1, 0.15) is 11.5 Å². The molecule has 0 radical (unpaired) electrons. The second-order valence-electron chi connectivity index (χ2n) is 10.7. The summed E-state index contributed by atoms with van der Waals surface area (Å²) in [7, 11) is 0. The molecule has 0 bridgehead atoms. The largest absolute Gasteiger partial charge is 0.416 e. The summed E-state index contributed by atoms with van der Waals surface area (Å²) < 4.78 is 72.5. The Morgan fingerprint density at radius 3 is 2.25 bits per heavy atom. The summed E-state index contributed by atoms with van der Waals surface area (Å²) in [5.41, 5.74) is 4.20. The molecule has 0 saturated carbocycles. The SMILES string of the molecule is Cc1c(N2CCN(Cc3cccnc3F)CC2)c(=O)n(CC(N)c2ccccc2)c(=O)n1Cc1c(F)cccc1C(F)(F)F. The average Bonchev–Trinajstić information content (AvgIpc) is 3.00. The molecule has 1 atom stereocenters. The van der Waals surface area contributed by atoms with Gasteiger partial charge in [-0.05, 0) is 30.7 Å². The Balaban J connectivity index is 1.54. The smallest absolute Gasteiger partial charge is 0.363 e. The predicted molar refractivity (Wildman–Crippen MR) is 155 cm³/mol. The molecule has 4 aromatic rings. The number of halogens is 5. The van der Waals surface area contributed by atoms with E-state index in [-0.39, 0.29) is 17.9 Å². The van der Waals surface area contributed by atoms with Crippen LogP contribution in [0.15, 0.2) is 76.4 Å². The second-order valence-corrected chi connectivity index (χ2v) is 10.7. The topological polar surface area (TPSA) is 89.4 Å². The molecule has 1 aliphatic heterocycles. The number of rotatable bonds is 8. The molecule has 1 unspecified atom stereocenters. The molecule has 44 heavy (non-hydrogen) atoms. The van der Waals surface area contributed by atoms with Crippen LogP contribution in [0, 0.1) is 18.7 Å². The van der Waals surface area contributed by atoms with Crippen LogP contribution in [0.3, 0.4) is 0 Å². The molecule has 0 aliphatic carbocycles. The highest BCUT2D eigenvalue weighted by molar-refractivity contribution is 5.50. The third-order valence-corrected chi connectivity index (χ3v) is 7.92. The first-order chi connectivity index (χ1) is 21.0. The Bertz CT molecular complexity index is 1750. The molecule has 13 heteroatoms. The van der Waals surface area contributed by atoms with E-state index in [1.54, 1.807) is 47.4 Å². The van der Waals surface area contributed by atoms with Crippen LogP contribution < -0.4 is 21.9 Å². The van der Waals surface area contributed by atoms with Crippen molar-refractivity contribution in [1.82, 2.24) is 19.0 Å². The maximum atomic E-state index is 14.9. The van der Waals surface area contributed by atoms with Crippen LogP contribution >= 0.6 is 0 Å². The highest BCUT2D eigenvalue weighted by Gasteiger charge is 2.35. The molecule has 5 rings (SSSR count). The molecule has 1 saturated heterocycles. The fourth-order valence-corrected chi connectivity index (χ4v) is 5.55. The van der Waals surface area contributed by atoms with Crippen LogP contribution in [0.4, 0.5) is 27.6 Å². The fourth-order valence-electron chi connectivity index (χ4n) is 5.55. The summed E-state index contributed by atoms with van der Waals surface area (Å²) in [5.74, 6) is -1.69. The van der Waals surface area contributed by atoms with E-state index in [1.165, 1.54) is 13.1 Å². The maximum absolute atomic E-state index is 14.9. The number of alkyl halides is 3. The molecular weight excluding hydrogens is 583 g/mol. The number of aromatic nitrogens is 3. The van der Waals surface area contributed by atoms with Crippen molar-refractivity contribution in [2.75, 3.05) is 31.1 Å². The van der Waals surface area contributed by atoms with E-state index >= 15 is 0 Å². The van der Waals surface area contributed by atoms with E-state index in [1.807, 2.05) is 4.90 Å². The van der Waals surface area contributed by atoms with Crippen LogP contribution in [-0.4, -0.2) is 45.2 Å². The number of hydrogen-bond donors (Lipinski definition) is 1. The van der Waals surface area contributed by atoms with Gasteiger partial charge in [0, 0.05) is 61.8 Å². The van der Waals surface area contributed by atoms with Gasteiger partial charge in [0.15, 0.2) is 0 Å². The number of piperazine rings is 1. The summed E-state index contributed by atoms with van der Waals surface area (Å²) in [4.78, 5) is 35.1. The van der Waals surface area contributed by atoms with Crippen molar-refractivity contribution >= 4 is 5.69 Å². The molecule has 8 nitrogen and oxygen atoms in total. The number of hydrogen-bond acceptors (Lipinski definition) is 6. The van der Waals surface area contributed by atoms with Gasteiger partial charge in [-0.2, -0.15) is 17.6 Å². The standard InChI is InChI=1S/C31H31F5N6O2/c1-20-27(40-15-13-39(14-16-40)17-22-9-6-12-38-28(22)33)29(43)42(19-26(37)21-7-3-2-4-8-21)30(44)41(20)18-23-24(31(34,35)36)10-5-11-25(23)32/h2-12,26H,13-19,37H2,1H3. The van der Waals surface area contributed by atoms with E-state index in [2.05, 4.69) is 4.98 Å². The van der Waals surface area contributed by atoms with Crippen molar-refractivity contribution in [2.45, 2.75) is 38.8 Å². The van der Waals surface area contributed by atoms with Crippen LogP contribution in [0.25, 0.3) is 0 Å². The van der Waals surface area contributed by atoms with Gasteiger partial charge in [-0.15, -0.1) is 0 Å². The van der Waals surface area contributed by atoms with Gasteiger partial charge >= 0.3 is 11.9 Å². The number of benzene rings is 2. The van der Waals surface area contributed by atoms with Crippen molar-refractivity contribution in [3.8, 4) is 0 Å². The zero-order chi connectivity index (χ0) is 31.6. The Labute approximate surface area is 249 Å². The first-order valence-electron chi connectivity index (χ1n) is 14.0. The normalized spacial score (nSPS) is 15.0. The van der Waals surface area contributed by atoms with E-state index in [9.17, 15) is 31.5 Å². The fraction of sp³-hybridized carbons (Fsp3) is 0.323. The molecule has 0 spiro atoms. The van der Waals surface area contributed by atoms with Crippen molar-refractivity contribution < 1.29 is 22.0 Å². The Morgan fingerprint density at radius 2 is 1.59 bits per heavy atom. The zero-order valence-electron chi connectivity index (χ0n) is 23.9. The average molecular weight is 615 g/mol. The zero-order valence-corrected chi connectivity index (χ0v) is 23.9. The van der Waals surface area contributed by atoms with Gasteiger partial charge in [0.25, 0.3) is 5.56 Å². The van der Waals surface area contributed by atoms with E-state index in [4.69, 9.17) is 5.73 Å². The Hall–Kier alpha value is -4.36.